The number of methoxy groups -OCH3 is 2. The van der Waals surface area contributed by atoms with E-state index < -0.39 is 10.0 Å². The molecule has 132 valence electrons. The van der Waals surface area contributed by atoms with Crippen molar-refractivity contribution in [2.75, 3.05) is 14.2 Å². The number of ether oxygens (including phenoxy) is 2. The number of hydrogen-bond donors (Lipinski definition) is 3. The van der Waals surface area contributed by atoms with E-state index in [1.165, 1.54) is 32.4 Å². The lowest BCUT2D eigenvalue weighted by atomic mass is 10.2. The molecule has 3 aromatic rings. The number of fused-ring (bicyclic) bond motifs is 1. The number of benzene rings is 2. The lowest BCUT2D eigenvalue weighted by Crippen LogP contribution is -2.23. The maximum atomic E-state index is 12.5. The molecule has 3 rings (SSSR count). The zero-order chi connectivity index (χ0) is 18.0. The number of imidazole rings is 1. The van der Waals surface area contributed by atoms with Crippen LogP contribution in [-0.2, 0) is 16.6 Å². The molecule has 2 aromatic carbocycles. The van der Waals surface area contributed by atoms with Crippen LogP contribution in [0.5, 0.6) is 11.5 Å². The van der Waals surface area contributed by atoms with Gasteiger partial charge in [-0.05, 0) is 35.9 Å². The summed E-state index contributed by atoms with van der Waals surface area (Å²) >= 11 is 0. The van der Waals surface area contributed by atoms with Crippen molar-refractivity contribution in [2.45, 2.75) is 11.4 Å². The average molecular weight is 363 g/mol. The summed E-state index contributed by atoms with van der Waals surface area (Å²) in [6, 6.07) is 9.52. The number of rotatable bonds is 6. The van der Waals surface area contributed by atoms with Gasteiger partial charge in [-0.1, -0.05) is 0 Å². The van der Waals surface area contributed by atoms with Crippen LogP contribution in [0.15, 0.2) is 46.1 Å². The molecule has 0 atom stereocenters. The summed E-state index contributed by atoms with van der Waals surface area (Å²) in [4.78, 5) is 16.4. The van der Waals surface area contributed by atoms with Gasteiger partial charge in [0.05, 0.1) is 30.1 Å². The highest BCUT2D eigenvalue weighted by Gasteiger charge is 2.15. The van der Waals surface area contributed by atoms with E-state index in [9.17, 15) is 13.2 Å². The highest BCUT2D eigenvalue weighted by Crippen LogP contribution is 2.23. The second kappa shape index (κ2) is 6.61. The van der Waals surface area contributed by atoms with Gasteiger partial charge in [0.25, 0.3) is 0 Å². The van der Waals surface area contributed by atoms with E-state index >= 15 is 0 Å². The minimum absolute atomic E-state index is 0.0603. The Balaban J connectivity index is 1.84. The first-order valence-electron chi connectivity index (χ1n) is 7.35. The largest absolute Gasteiger partial charge is 0.497 e. The molecule has 1 heterocycles. The molecule has 0 saturated carbocycles. The molecule has 0 bridgehead atoms. The van der Waals surface area contributed by atoms with Crippen molar-refractivity contribution in [3.05, 3.63) is 52.4 Å². The van der Waals surface area contributed by atoms with Crippen LogP contribution in [-0.4, -0.2) is 32.6 Å². The van der Waals surface area contributed by atoms with Gasteiger partial charge >= 0.3 is 5.69 Å². The Morgan fingerprint density at radius 2 is 1.60 bits per heavy atom. The van der Waals surface area contributed by atoms with E-state index in [1.807, 2.05) is 0 Å². The highest BCUT2D eigenvalue weighted by atomic mass is 32.2. The molecule has 0 saturated heterocycles. The maximum absolute atomic E-state index is 12.5. The van der Waals surface area contributed by atoms with E-state index in [2.05, 4.69) is 14.7 Å². The summed E-state index contributed by atoms with van der Waals surface area (Å²) in [5, 5.41) is 0. The zero-order valence-corrected chi connectivity index (χ0v) is 14.4. The fourth-order valence-corrected chi connectivity index (χ4v) is 3.45. The molecule has 0 aliphatic heterocycles. The average Bonchev–Trinajstić information content (AvgIpc) is 2.98. The second-order valence-corrected chi connectivity index (χ2v) is 7.10. The molecule has 0 fully saturated rings. The molecule has 0 radical (unpaired) electrons. The van der Waals surface area contributed by atoms with E-state index in [1.54, 1.807) is 18.2 Å². The van der Waals surface area contributed by atoms with Gasteiger partial charge in [0.2, 0.25) is 10.0 Å². The second-order valence-electron chi connectivity index (χ2n) is 5.33. The Kier molecular flexibility index (Phi) is 4.51. The first-order valence-corrected chi connectivity index (χ1v) is 8.83. The van der Waals surface area contributed by atoms with E-state index in [0.717, 1.165) is 0 Å². The van der Waals surface area contributed by atoms with Gasteiger partial charge in [-0.25, -0.2) is 17.9 Å². The van der Waals surface area contributed by atoms with Crippen LogP contribution < -0.4 is 19.9 Å². The zero-order valence-electron chi connectivity index (χ0n) is 13.6. The van der Waals surface area contributed by atoms with Crippen LogP contribution in [0, 0.1) is 0 Å². The van der Waals surface area contributed by atoms with Crippen molar-refractivity contribution in [1.82, 2.24) is 14.7 Å². The molecule has 25 heavy (non-hydrogen) atoms. The van der Waals surface area contributed by atoms with Crippen molar-refractivity contribution < 1.29 is 17.9 Å². The van der Waals surface area contributed by atoms with Gasteiger partial charge in [-0.15, -0.1) is 0 Å². The van der Waals surface area contributed by atoms with Gasteiger partial charge in [-0.2, -0.15) is 0 Å². The van der Waals surface area contributed by atoms with Crippen molar-refractivity contribution in [1.29, 1.82) is 0 Å². The SMILES string of the molecule is COc1cc(CNS(=O)(=O)c2ccc3[nH]c(=O)[nH]c3c2)cc(OC)c1. The Hall–Kier alpha value is -2.78. The van der Waals surface area contributed by atoms with Crippen LogP contribution in [0.4, 0.5) is 0 Å². The van der Waals surface area contributed by atoms with Crippen LogP contribution in [0.25, 0.3) is 11.0 Å². The molecule has 8 nitrogen and oxygen atoms in total. The number of H-pyrrole nitrogens is 2. The summed E-state index contributed by atoms with van der Waals surface area (Å²) in [7, 11) is -0.701. The number of aromatic amines is 2. The molecule has 0 aliphatic carbocycles. The van der Waals surface area contributed by atoms with Gasteiger partial charge in [0.15, 0.2) is 0 Å². The molecule has 0 unspecified atom stereocenters. The molecule has 0 spiro atoms. The Bertz CT molecular complexity index is 1050. The third-order valence-electron chi connectivity index (χ3n) is 3.68. The highest BCUT2D eigenvalue weighted by molar-refractivity contribution is 7.89. The number of aromatic nitrogens is 2. The maximum Gasteiger partial charge on any atom is 0.323 e. The molecule has 0 aliphatic rings. The van der Waals surface area contributed by atoms with E-state index in [4.69, 9.17) is 9.47 Å². The van der Waals surface area contributed by atoms with Crippen molar-refractivity contribution >= 4 is 21.1 Å². The summed E-state index contributed by atoms with van der Waals surface area (Å²) in [5.74, 6) is 1.14. The molecule has 0 amide bonds. The molecule has 3 N–H and O–H groups in total. The first kappa shape index (κ1) is 17.1. The van der Waals surface area contributed by atoms with Gasteiger partial charge in [0, 0.05) is 12.6 Å². The third kappa shape index (κ3) is 3.67. The predicted molar refractivity (Wildman–Crippen MR) is 92.5 cm³/mol. The Labute approximate surface area is 143 Å². The quantitative estimate of drug-likeness (QED) is 0.612. The molecular formula is C16H17N3O5S. The molecular weight excluding hydrogens is 346 g/mol. The first-order chi connectivity index (χ1) is 11.9. The Morgan fingerprint density at radius 3 is 2.24 bits per heavy atom. The van der Waals surface area contributed by atoms with Crippen LogP contribution in [0.1, 0.15) is 5.56 Å². The van der Waals surface area contributed by atoms with Crippen molar-refractivity contribution in [3.63, 3.8) is 0 Å². The lowest BCUT2D eigenvalue weighted by molar-refractivity contribution is 0.393. The van der Waals surface area contributed by atoms with Crippen LogP contribution >= 0.6 is 0 Å². The Morgan fingerprint density at radius 1 is 0.960 bits per heavy atom. The van der Waals surface area contributed by atoms with Gasteiger partial charge in [0.1, 0.15) is 11.5 Å². The van der Waals surface area contributed by atoms with Crippen LogP contribution in [0.2, 0.25) is 0 Å². The fraction of sp³-hybridized carbons (Fsp3) is 0.188. The van der Waals surface area contributed by atoms with E-state index in [-0.39, 0.29) is 17.1 Å². The topological polar surface area (TPSA) is 113 Å². The number of sulfonamides is 1. The molecule has 9 heteroatoms. The monoisotopic (exact) mass is 363 g/mol. The summed E-state index contributed by atoms with van der Waals surface area (Å²) in [5.41, 5.74) is 1.27. The van der Waals surface area contributed by atoms with E-state index in [0.29, 0.717) is 28.1 Å². The fourth-order valence-electron chi connectivity index (χ4n) is 2.41. The van der Waals surface area contributed by atoms with Crippen LogP contribution in [0.3, 0.4) is 0 Å². The van der Waals surface area contributed by atoms with Crippen molar-refractivity contribution in [2.24, 2.45) is 0 Å². The summed E-state index contributed by atoms with van der Waals surface area (Å²) in [6.07, 6.45) is 0. The normalized spacial score (nSPS) is 11.6. The predicted octanol–water partition coefficient (Wildman–Crippen LogP) is 1.35. The smallest absolute Gasteiger partial charge is 0.323 e. The number of nitrogens with one attached hydrogen (secondary N) is 3. The minimum Gasteiger partial charge on any atom is -0.497 e. The van der Waals surface area contributed by atoms with Crippen molar-refractivity contribution in [3.8, 4) is 11.5 Å². The molecule has 1 aromatic heterocycles. The lowest BCUT2D eigenvalue weighted by Gasteiger charge is -2.10. The summed E-state index contributed by atoms with van der Waals surface area (Å²) in [6.45, 7) is 0.0671. The minimum atomic E-state index is -3.75. The third-order valence-corrected chi connectivity index (χ3v) is 5.07. The number of hydrogen-bond acceptors (Lipinski definition) is 5. The standard InChI is InChI=1S/C16H17N3O5S/c1-23-11-5-10(6-12(7-11)24-2)9-17-25(21,22)13-3-4-14-15(8-13)19-16(20)18-14/h3-8,17H,9H2,1-2H3,(H2,18,19,20). The van der Waals surface area contributed by atoms with Gasteiger partial charge in [-0.3, -0.25) is 0 Å². The summed E-state index contributed by atoms with van der Waals surface area (Å²) < 4.78 is 37.8. The van der Waals surface area contributed by atoms with Gasteiger partial charge < -0.3 is 19.4 Å².